The summed E-state index contributed by atoms with van der Waals surface area (Å²) in [5.74, 6) is 0.728. The van der Waals surface area contributed by atoms with Crippen LogP contribution in [-0.2, 0) is 9.53 Å². The predicted octanol–water partition coefficient (Wildman–Crippen LogP) is 2.92. The standard InChI is InChI=1S/C17H25ClN2O2/c1-12(17(22-2)14-4-6-15(18)7-5-14)20-16(21)8-3-13-9-10-19-11-13/h4-7,12-13,17,19H,3,8-11H2,1-2H3,(H,20,21). The molecule has 2 N–H and O–H groups in total. The summed E-state index contributed by atoms with van der Waals surface area (Å²) in [5, 5.41) is 7.07. The van der Waals surface area contributed by atoms with Crippen molar-refractivity contribution in [3.05, 3.63) is 34.9 Å². The number of ether oxygens (including phenoxy) is 1. The average Bonchev–Trinajstić information content (AvgIpc) is 3.01. The molecule has 2 rings (SSSR count). The summed E-state index contributed by atoms with van der Waals surface area (Å²) in [4.78, 5) is 12.1. The number of nitrogens with one attached hydrogen (secondary N) is 2. The maximum Gasteiger partial charge on any atom is 0.220 e. The number of benzene rings is 1. The van der Waals surface area contributed by atoms with Gasteiger partial charge in [-0.25, -0.2) is 0 Å². The molecule has 22 heavy (non-hydrogen) atoms. The molecule has 0 radical (unpaired) electrons. The van der Waals surface area contributed by atoms with Gasteiger partial charge in [-0.15, -0.1) is 0 Å². The Balaban J connectivity index is 1.84. The molecule has 0 aromatic heterocycles. The van der Waals surface area contributed by atoms with Gasteiger partial charge >= 0.3 is 0 Å². The van der Waals surface area contributed by atoms with Crippen molar-refractivity contribution in [1.29, 1.82) is 0 Å². The van der Waals surface area contributed by atoms with Crippen molar-refractivity contribution >= 4 is 17.5 Å². The third kappa shape index (κ3) is 4.97. The van der Waals surface area contributed by atoms with Gasteiger partial charge in [-0.2, -0.15) is 0 Å². The molecule has 0 saturated carbocycles. The minimum absolute atomic E-state index is 0.0830. The molecule has 122 valence electrons. The topological polar surface area (TPSA) is 50.4 Å². The predicted molar refractivity (Wildman–Crippen MR) is 89.0 cm³/mol. The summed E-state index contributed by atoms with van der Waals surface area (Å²) >= 11 is 5.91. The van der Waals surface area contributed by atoms with Crippen molar-refractivity contribution in [3.63, 3.8) is 0 Å². The van der Waals surface area contributed by atoms with E-state index in [4.69, 9.17) is 16.3 Å². The van der Waals surface area contributed by atoms with Crippen molar-refractivity contribution in [1.82, 2.24) is 10.6 Å². The smallest absolute Gasteiger partial charge is 0.220 e. The molecule has 1 aliphatic rings. The van der Waals surface area contributed by atoms with E-state index < -0.39 is 0 Å². The van der Waals surface area contributed by atoms with Crippen LogP contribution in [0, 0.1) is 5.92 Å². The van der Waals surface area contributed by atoms with Crippen molar-refractivity contribution in [2.24, 2.45) is 5.92 Å². The van der Waals surface area contributed by atoms with Gasteiger partial charge in [0.15, 0.2) is 0 Å². The normalized spacial score (nSPS) is 20.6. The first kappa shape index (κ1) is 17.3. The molecule has 1 aliphatic heterocycles. The van der Waals surface area contributed by atoms with Crippen LogP contribution in [0.5, 0.6) is 0 Å². The number of hydrogen-bond acceptors (Lipinski definition) is 3. The molecule has 4 nitrogen and oxygen atoms in total. The summed E-state index contributed by atoms with van der Waals surface area (Å²) in [5.41, 5.74) is 1.01. The van der Waals surface area contributed by atoms with Crippen LogP contribution in [0.4, 0.5) is 0 Å². The highest BCUT2D eigenvalue weighted by Crippen LogP contribution is 2.23. The Morgan fingerprint density at radius 2 is 2.18 bits per heavy atom. The van der Waals surface area contributed by atoms with E-state index in [0.717, 1.165) is 25.1 Å². The summed E-state index contributed by atoms with van der Waals surface area (Å²) in [6.45, 7) is 4.08. The van der Waals surface area contributed by atoms with Gasteiger partial charge < -0.3 is 15.4 Å². The number of methoxy groups -OCH3 is 1. The Hall–Kier alpha value is -1.10. The van der Waals surface area contributed by atoms with Crippen molar-refractivity contribution < 1.29 is 9.53 Å². The molecule has 1 amide bonds. The highest BCUT2D eigenvalue weighted by molar-refractivity contribution is 6.30. The van der Waals surface area contributed by atoms with Crippen LogP contribution >= 0.6 is 11.6 Å². The third-order valence-corrected chi connectivity index (χ3v) is 4.49. The fourth-order valence-corrected chi connectivity index (χ4v) is 3.11. The molecule has 1 aromatic carbocycles. The molecule has 1 fully saturated rings. The second-order valence-electron chi connectivity index (χ2n) is 5.96. The molecule has 1 heterocycles. The minimum atomic E-state index is -0.172. The van der Waals surface area contributed by atoms with Crippen LogP contribution in [0.25, 0.3) is 0 Å². The monoisotopic (exact) mass is 324 g/mol. The van der Waals surface area contributed by atoms with Crippen molar-refractivity contribution in [2.75, 3.05) is 20.2 Å². The molecule has 3 atom stereocenters. The van der Waals surface area contributed by atoms with E-state index >= 15 is 0 Å². The van der Waals surface area contributed by atoms with Crippen LogP contribution in [-0.4, -0.2) is 32.1 Å². The Labute approximate surface area is 137 Å². The lowest BCUT2D eigenvalue weighted by molar-refractivity contribution is -0.123. The van der Waals surface area contributed by atoms with Crippen LogP contribution in [0.3, 0.4) is 0 Å². The van der Waals surface area contributed by atoms with E-state index in [-0.39, 0.29) is 18.1 Å². The Kier molecular flexibility index (Phi) is 6.68. The zero-order valence-electron chi connectivity index (χ0n) is 13.3. The van der Waals surface area contributed by atoms with Crippen LogP contribution in [0.15, 0.2) is 24.3 Å². The quantitative estimate of drug-likeness (QED) is 0.811. The molecule has 3 unspecified atom stereocenters. The summed E-state index contributed by atoms with van der Waals surface area (Å²) in [7, 11) is 1.66. The number of amides is 1. The molecule has 0 bridgehead atoms. The molecule has 1 saturated heterocycles. The van der Waals surface area contributed by atoms with Gasteiger partial charge in [0.1, 0.15) is 6.10 Å². The molecular formula is C17H25ClN2O2. The summed E-state index contributed by atoms with van der Waals surface area (Å²) < 4.78 is 5.55. The number of halogens is 1. The zero-order chi connectivity index (χ0) is 15.9. The highest BCUT2D eigenvalue weighted by atomic mass is 35.5. The second-order valence-corrected chi connectivity index (χ2v) is 6.40. The summed E-state index contributed by atoms with van der Waals surface area (Å²) in [6.07, 6.45) is 2.53. The van der Waals surface area contributed by atoms with Gasteiger partial charge in [0, 0.05) is 18.6 Å². The van der Waals surface area contributed by atoms with Gasteiger partial charge in [-0.05, 0) is 56.5 Å². The Bertz CT molecular complexity index is 472. The first-order valence-electron chi connectivity index (χ1n) is 7.88. The number of hydrogen-bond donors (Lipinski definition) is 2. The van der Waals surface area contributed by atoms with Gasteiger partial charge in [0.25, 0.3) is 0 Å². The molecule has 5 heteroatoms. The van der Waals surface area contributed by atoms with Crippen molar-refractivity contribution in [2.45, 2.75) is 38.3 Å². The maximum absolute atomic E-state index is 12.1. The lowest BCUT2D eigenvalue weighted by atomic mass is 10.0. The van der Waals surface area contributed by atoms with Crippen LogP contribution in [0.1, 0.15) is 37.9 Å². The van der Waals surface area contributed by atoms with Gasteiger partial charge in [0.2, 0.25) is 5.91 Å². The average molecular weight is 325 g/mol. The Morgan fingerprint density at radius 3 is 2.77 bits per heavy atom. The van der Waals surface area contributed by atoms with Crippen LogP contribution < -0.4 is 10.6 Å². The van der Waals surface area contributed by atoms with Gasteiger partial charge in [-0.1, -0.05) is 23.7 Å². The van der Waals surface area contributed by atoms with Gasteiger partial charge in [-0.3, -0.25) is 4.79 Å². The molecular weight excluding hydrogens is 300 g/mol. The fourth-order valence-electron chi connectivity index (χ4n) is 2.98. The van der Waals surface area contributed by atoms with Crippen LogP contribution in [0.2, 0.25) is 5.02 Å². The minimum Gasteiger partial charge on any atom is -0.375 e. The van der Waals surface area contributed by atoms with E-state index in [9.17, 15) is 4.79 Å². The molecule has 1 aromatic rings. The molecule has 0 aliphatic carbocycles. The first-order chi connectivity index (χ1) is 10.6. The van der Waals surface area contributed by atoms with E-state index in [2.05, 4.69) is 10.6 Å². The SMILES string of the molecule is COC(c1ccc(Cl)cc1)C(C)NC(=O)CCC1CCNC1. The summed E-state index contributed by atoms with van der Waals surface area (Å²) in [6, 6.07) is 7.46. The van der Waals surface area contributed by atoms with E-state index in [1.165, 1.54) is 6.42 Å². The van der Waals surface area contributed by atoms with E-state index in [0.29, 0.717) is 17.4 Å². The van der Waals surface area contributed by atoms with Crippen molar-refractivity contribution in [3.8, 4) is 0 Å². The zero-order valence-corrected chi connectivity index (χ0v) is 14.0. The lowest BCUT2D eigenvalue weighted by Gasteiger charge is -2.24. The highest BCUT2D eigenvalue weighted by Gasteiger charge is 2.21. The largest absolute Gasteiger partial charge is 0.375 e. The third-order valence-electron chi connectivity index (χ3n) is 4.24. The first-order valence-corrected chi connectivity index (χ1v) is 8.26. The number of rotatable bonds is 7. The fraction of sp³-hybridized carbons (Fsp3) is 0.588. The maximum atomic E-state index is 12.1. The number of carbonyl (C=O) groups excluding carboxylic acids is 1. The van der Waals surface area contributed by atoms with Gasteiger partial charge in [0.05, 0.1) is 6.04 Å². The lowest BCUT2D eigenvalue weighted by Crippen LogP contribution is -2.37. The Morgan fingerprint density at radius 1 is 1.45 bits per heavy atom. The van der Waals surface area contributed by atoms with E-state index in [1.807, 2.05) is 31.2 Å². The molecule has 0 spiro atoms. The van der Waals surface area contributed by atoms with E-state index in [1.54, 1.807) is 7.11 Å². The second kappa shape index (κ2) is 8.51. The number of carbonyl (C=O) groups is 1.